The molecule has 4 rings (SSSR count). The summed E-state index contributed by atoms with van der Waals surface area (Å²) in [5.74, 6) is -1.17. The number of ether oxygens (including phenoxy) is 1. The molecule has 10 nitrogen and oxygen atoms in total. The maximum Gasteiger partial charge on any atom is 0.325 e. The minimum absolute atomic E-state index is 0.0974. The summed E-state index contributed by atoms with van der Waals surface area (Å²) in [7, 11) is -3.66. The molecule has 2 aromatic rings. The van der Waals surface area contributed by atoms with Gasteiger partial charge in [-0.15, -0.1) is 0 Å². The first-order chi connectivity index (χ1) is 16.1. The lowest BCUT2D eigenvalue weighted by Gasteiger charge is -2.26. The largest absolute Gasteiger partial charge is 0.379 e. The van der Waals surface area contributed by atoms with Crippen LogP contribution in [0.4, 0.5) is 10.5 Å². The van der Waals surface area contributed by atoms with Gasteiger partial charge < -0.3 is 15.4 Å². The highest BCUT2D eigenvalue weighted by Crippen LogP contribution is 2.29. The van der Waals surface area contributed by atoms with Gasteiger partial charge in [0.2, 0.25) is 15.9 Å². The van der Waals surface area contributed by atoms with Gasteiger partial charge in [0.05, 0.1) is 18.1 Å². The molecule has 180 valence electrons. The van der Waals surface area contributed by atoms with Crippen LogP contribution in [0.5, 0.6) is 0 Å². The zero-order chi connectivity index (χ0) is 24.5. The van der Waals surface area contributed by atoms with Gasteiger partial charge >= 0.3 is 6.03 Å². The van der Waals surface area contributed by atoms with Crippen LogP contribution in [0.1, 0.15) is 12.5 Å². The van der Waals surface area contributed by atoms with Gasteiger partial charge in [0, 0.05) is 23.8 Å². The second-order valence-corrected chi connectivity index (χ2v) is 10.4. The number of benzene rings is 2. The average Bonchev–Trinajstić information content (AvgIpc) is 3.04. The fourth-order valence-corrected chi connectivity index (χ4v) is 5.34. The lowest BCUT2D eigenvalue weighted by molar-refractivity contribution is -0.133. The van der Waals surface area contributed by atoms with Gasteiger partial charge in [-0.25, -0.2) is 13.2 Å². The molecule has 34 heavy (non-hydrogen) atoms. The number of amides is 4. The first-order valence-electron chi connectivity index (χ1n) is 10.5. The van der Waals surface area contributed by atoms with Crippen molar-refractivity contribution >= 4 is 45.2 Å². The second kappa shape index (κ2) is 9.34. The number of rotatable bonds is 6. The van der Waals surface area contributed by atoms with Crippen molar-refractivity contribution in [1.82, 2.24) is 14.5 Å². The Bertz CT molecular complexity index is 1210. The predicted molar refractivity (Wildman–Crippen MR) is 124 cm³/mol. The lowest BCUT2D eigenvalue weighted by atomic mass is 9.92. The van der Waals surface area contributed by atoms with Crippen LogP contribution in [0.3, 0.4) is 0 Å². The molecule has 12 heteroatoms. The SMILES string of the molecule is C[C@@]1(c2ccc(Cl)cc2)NC(=O)N(CC(=O)Nc2ccc(S(=O)(=O)N3CCOCC3)cc2)C1=O. The highest BCUT2D eigenvalue weighted by atomic mass is 35.5. The predicted octanol–water partition coefficient (Wildman–Crippen LogP) is 1.77. The van der Waals surface area contributed by atoms with Gasteiger partial charge in [0.25, 0.3) is 5.91 Å². The number of anilines is 1. The van der Waals surface area contributed by atoms with Crippen molar-refractivity contribution in [3.8, 4) is 0 Å². The number of sulfonamides is 1. The highest BCUT2D eigenvalue weighted by molar-refractivity contribution is 7.89. The molecule has 0 aromatic heterocycles. The third-order valence-electron chi connectivity index (χ3n) is 5.74. The molecule has 0 radical (unpaired) electrons. The van der Waals surface area contributed by atoms with E-state index in [1.807, 2.05) is 0 Å². The van der Waals surface area contributed by atoms with Crippen LogP contribution in [0.2, 0.25) is 5.02 Å². The summed E-state index contributed by atoms with van der Waals surface area (Å²) in [4.78, 5) is 38.9. The van der Waals surface area contributed by atoms with E-state index in [9.17, 15) is 22.8 Å². The molecule has 2 N–H and O–H groups in total. The second-order valence-electron chi connectivity index (χ2n) is 8.04. The molecule has 1 atom stereocenters. The molecule has 0 saturated carbocycles. The molecule has 0 unspecified atom stereocenters. The number of halogens is 1. The average molecular weight is 507 g/mol. The van der Waals surface area contributed by atoms with Crippen LogP contribution in [0.15, 0.2) is 53.4 Å². The molecular weight excluding hydrogens is 484 g/mol. The number of carbonyl (C=O) groups is 3. The van der Waals surface area contributed by atoms with Crippen LogP contribution in [-0.4, -0.2) is 68.3 Å². The van der Waals surface area contributed by atoms with Crippen molar-refractivity contribution in [1.29, 1.82) is 0 Å². The first kappa shape index (κ1) is 24.1. The molecule has 2 heterocycles. The Morgan fingerprint density at radius 1 is 1.09 bits per heavy atom. The molecule has 0 bridgehead atoms. The van der Waals surface area contributed by atoms with E-state index in [1.54, 1.807) is 31.2 Å². The van der Waals surface area contributed by atoms with Gasteiger partial charge in [-0.2, -0.15) is 4.31 Å². The van der Waals surface area contributed by atoms with Gasteiger partial charge in [0.15, 0.2) is 0 Å². The number of urea groups is 1. The van der Waals surface area contributed by atoms with Gasteiger partial charge in [0.1, 0.15) is 12.1 Å². The van der Waals surface area contributed by atoms with E-state index < -0.39 is 40.0 Å². The quantitative estimate of drug-likeness (QED) is 0.575. The molecule has 2 fully saturated rings. The third-order valence-corrected chi connectivity index (χ3v) is 7.91. The van der Waals surface area contributed by atoms with Crippen LogP contribution in [-0.2, 0) is 29.9 Å². The topological polar surface area (TPSA) is 125 Å². The van der Waals surface area contributed by atoms with E-state index in [2.05, 4.69) is 10.6 Å². The molecule has 2 saturated heterocycles. The van der Waals surface area contributed by atoms with Crippen LogP contribution in [0, 0.1) is 0 Å². The summed E-state index contributed by atoms with van der Waals surface area (Å²) < 4.78 is 32.0. The Morgan fingerprint density at radius 2 is 1.71 bits per heavy atom. The summed E-state index contributed by atoms with van der Waals surface area (Å²) in [5, 5.41) is 5.70. The smallest absolute Gasteiger partial charge is 0.325 e. The fraction of sp³-hybridized carbons (Fsp3) is 0.318. The minimum atomic E-state index is -3.66. The standard InChI is InChI=1S/C22H23ClN4O6S/c1-22(15-2-4-16(23)5-3-15)20(29)27(21(30)25-22)14-19(28)24-17-6-8-18(9-7-17)34(31,32)26-10-12-33-13-11-26/h2-9H,10-14H2,1H3,(H,24,28)(H,25,30)/t22-/m0/s1. The van der Waals surface area contributed by atoms with Crippen LogP contribution in [0.25, 0.3) is 0 Å². The molecule has 2 aromatic carbocycles. The number of morpholine rings is 1. The summed E-state index contributed by atoms with van der Waals surface area (Å²) in [6, 6.07) is 11.5. The van der Waals surface area contributed by atoms with Crippen LogP contribution < -0.4 is 10.6 Å². The summed E-state index contributed by atoms with van der Waals surface area (Å²) in [6.07, 6.45) is 0. The Balaban J connectivity index is 1.41. The van der Waals surface area contributed by atoms with Gasteiger partial charge in [-0.3, -0.25) is 14.5 Å². The van der Waals surface area contributed by atoms with E-state index in [-0.39, 0.29) is 18.0 Å². The zero-order valence-electron chi connectivity index (χ0n) is 18.3. The Labute approximate surface area is 201 Å². The summed E-state index contributed by atoms with van der Waals surface area (Å²) in [5.41, 5.74) is -0.453. The summed E-state index contributed by atoms with van der Waals surface area (Å²) >= 11 is 5.90. The van der Waals surface area contributed by atoms with E-state index in [4.69, 9.17) is 16.3 Å². The zero-order valence-corrected chi connectivity index (χ0v) is 19.9. The number of carbonyl (C=O) groups excluding carboxylic acids is 3. The van der Waals surface area contributed by atoms with Crippen molar-refractivity contribution in [2.75, 3.05) is 38.2 Å². The third kappa shape index (κ3) is 4.64. The number of hydrogen-bond acceptors (Lipinski definition) is 6. The highest BCUT2D eigenvalue weighted by Gasteiger charge is 2.49. The Hall–Kier alpha value is -2.99. The minimum Gasteiger partial charge on any atom is -0.379 e. The van der Waals surface area contributed by atoms with E-state index >= 15 is 0 Å². The van der Waals surface area contributed by atoms with Gasteiger partial charge in [-0.1, -0.05) is 23.7 Å². The van der Waals surface area contributed by atoms with Crippen molar-refractivity contribution in [3.05, 3.63) is 59.1 Å². The Morgan fingerprint density at radius 3 is 2.32 bits per heavy atom. The maximum atomic E-state index is 13.0. The fourth-order valence-electron chi connectivity index (χ4n) is 3.81. The van der Waals surface area contributed by atoms with Gasteiger partial charge in [-0.05, 0) is 48.9 Å². The molecule has 2 aliphatic heterocycles. The Kier molecular flexibility index (Phi) is 6.63. The normalized spacial score (nSPS) is 21.4. The van der Waals surface area contributed by atoms with Crippen molar-refractivity contribution in [2.24, 2.45) is 0 Å². The monoisotopic (exact) mass is 506 g/mol. The maximum absolute atomic E-state index is 13.0. The molecule has 4 amide bonds. The van der Waals surface area contributed by atoms with Crippen molar-refractivity contribution in [3.63, 3.8) is 0 Å². The number of nitrogens with zero attached hydrogens (tertiary/aromatic N) is 2. The molecular formula is C22H23ClN4O6S. The van der Waals surface area contributed by atoms with Crippen molar-refractivity contribution in [2.45, 2.75) is 17.4 Å². The first-order valence-corrected chi connectivity index (χ1v) is 12.3. The lowest BCUT2D eigenvalue weighted by Crippen LogP contribution is -2.42. The van der Waals surface area contributed by atoms with E-state index in [1.165, 1.54) is 28.6 Å². The van der Waals surface area contributed by atoms with E-state index in [0.717, 1.165) is 4.90 Å². The molecule has 2 aliphatic rings. The number of nitrogens with one attached hydrogen (secondary N) is 2. The number of imide groups is 1. The molecule has 0 aliphatic carbocycles. The number of hydrogen-bond donors (Lipinski definition) is 2. The van der Waals surface area contributed by atoms with Crippen LogP contribution >= 0.6 is 11.6 Å². The van der Waals surface area contributed by atoms with E-state index in [0.29, 0.717) is 29.5 Å². The summed E-state index contributed by atoms with van der Waals surface area (Å²) in [6.45, 7) is 2.30. The van der Waals surface area contributed by atoms with Crippen molar-refractivity contribution < 1.29 is 27.5 Å². The molecule has 0 spiro atoms.